The van der Waals surface area contributed by atoms with E-state index in [1.807, 2.05) is 4.90 Å². The largest absolute Gasteiger partial charge is 0.504 e. The van der Waals surface area contributed by atoms with E-state index in [1.54, 1.807) is 6.07 Å². The molecule has 0 spiro atoms. The molecule has 0 aliphatic carbocycles. The van der Waals surface area contributed by atoms with Crippen molar-refractivity contribution in [3.63, 3.8) is 0 Å². The summed E-state index contributed by atoms with van der Waals surface area (Å²) in [6.07, 6.45) is 0. The number of hydrogen-bond donors (Lipinski definition) is 3. The van der Waals surface area contributed by atoms with E-state index in [0.29, 0.717) is 17.4 Å². The predicted molar refractivity (Wildman–Crippen MR) is 74.7 cm³/mol. The minimum Gasteiger partial charge on any atom is -0.504 e. The second-order valence-electron chi connectivity index (χ2n) is 6.30. The van der Waals surface area contributed by atoms with Crippen LogP contribution in [-0.2, 0) is 0 Å². The van der Waals surface area contributed by atoms with Crippen LogP contribution in [0, 0.1) is 11.8 Å². The Balaban J connectivity index is 1.89. The molecule has 3 N–H and O–H groups in total. The Bertz CT molecular complexity index is 556. The van der Waals surface area contributed by atoms with E-state index < -0.39 is 0 Å². The van der Waals surface area contributed by atoms with Gasteiger partial charge in [-0.15, -0.1) is 0 Å². The molecule has 0 aromatic heterocycles. The smallest absolute Gasteiger partial charge is 0.254 e. The number of carbonyl (C=O) groups is 1. The number of nitrogens with zero attached hydrogens (tertiary/aromatic N) is 1. The standard InChI is InChI=1S/C15H20N2O3/c1-15(2)11-7-16-6-10(11)8-17(15)14(20)9-3-4-12(18)13(19)5-9/h3-5,10-11,16,18-19H,6-8H2,1-2H3. The molecule has 5 heteroatoms. The van der Waals surface area contributed by atoms with Crippen LogP contribution in [0.15, 0.2) is 18.2 Å². The van der Waals surface area contributed by atoms with Crippen LogP contribution < -0.4 is 5.32 Å². The van der Waals surface area contributed by atoms with E-state index in [-0.39, 0.29) is 22.9 Å². The molecule has 1 aromatic carbocycles. The highest BCUT2D eigenvalue weighted by Gasteiger charge is 2.51. The lowest BCUT2D eigenvalue weighted by Gasteiger charge is -2.35. The Kier molecular flexibility index (Phi) is 2.90. The van der Waals surface area contributed by atoms with Crippen molar-refractivity contribution in [3.05, 3.63) is 23.8 Å². The van der Waals surface area contributed by atoms with E-state index in [9.17, 15) is 15.0 Å². The second kappa shape index (κ2) is 4.38. The zero-order valence-electron chi connectivity index (χ0n) is 11.8. The average molecular weight is 276 g/mol. The molecule has 0 radical (unpaired) electrons. The Labute approximate surface area is 118 Å². The monoisotopic (exact) mass is 276 g/mol. The summed E-state index contributed by atoms with van der Waals surface area (Å²) in [5, 5.41) is 22.3. The summed E-state index contributed by atoms with van der Waals surface area (Å²) in [6, 6.07) is 4.24. The van der Waals surface area contributed by atoms with Crippen LogP contribution in [-0.4, -0.2) is 46.2 Å². The Hall–Kier alpha value is -1.75. The van der Waals surface area contributed by atoms with Gasteiger partial charge in [-0.3, -0.25) is 4.79 Å². The molecule has 5 nitrogen and oxygen atoms in total. The van der Waals surface area contributed by atoms with E-state index >= 15 is 0 Å². The van der Waals surface area contributed by atoms with Crippen LogP contribution >= 0.6 is 0 Å². The van der Waals surface area contributed by atoms with Crippen LogP contribution in [0.25, 0.3) is 0 Å². The minimum atomic E-state index is -0.255. The van der Waals surface area contributed by atoms with Gasteiger partial charge in [0.1, 0.15) is 0 Å². The van der Waals surface area contributed by atoms with Gasteiger partial charge in [0.25, 0.3) is 5.91 Å². The van der Waals surface area contributed by atoms with Gasteiger partial charge in [0, 0.05) is 30.7 Å². The first kappa shape index (κ1) is 13.2. The van der Waals surface area contributed by atoms with Gasteiger partial charge in [0.15, 0.2) is 11.5 Å². The highest BCUT2D eigenvalue weighted by Crippen LogP contribution is 2.41. The maximum atomic E-state index is 12.7. The Morgan fingerprint density at radius 3 is 2.70 bits per heavy atom. The summed E-state index contributed by atoms with van der Waals surface area (Å²) in [5.74, 6) is 0.425. The van der Waals surface area contributed by atoms with Gasteiger partial charge in [0.05, 0.1) is 0 Å². The van der Waals surface area contributed by atoms with Crippen molar-refractivity contribution >= 4 is 5.91 Å². The maximum absolute atomic E-state index is 12.7. The highest BCUT2D eigenvalue weighted by molar-refractivity contribution is 5.95. The molecule has 2 atom stereocenters. The number of aromatic hydroxyl groups is 2. The Morgan fingerprint density at radius 2 is 2.05 bits per heavy atom. The molecular weight excluding hydrogens is 256 g/mol. The maximum Gasteiger partial charge on any atom is 0.254 e. The van der Waals surface area contributed by atoms with Gasteiger partial charge in [-0.25, -0.2) is 0 Å². The predicted octanol–water partition coefficient (Wildman–Crippen LogP) is 1.17. The van der Waals surface area contributed by atoms with Crippen molar-refractivity contribution in [2.45, 2.75) is 19.4 Å². The normalized spacial score (nSPS) is 27.6. The first-order valence-corrected chi connectivity index (χ1v) is 6.96. The van der Waals surface area contributed by atoms with Crippen LogP contribution in [0.1, 0.15) is 24.2 Å². The number of rotatable bonds is 1. The molecule has 108 valence electrons. The molecule has 3 rings (SSSR count). The topological polar surface area (TPSA) is 72.8 Å². The van der Waals surface area contributed by atoms with Crippen molar-refractivity contribution in [2.24, 2.45) is 11.8 Å². The van der Waals surface area contributed by atoms with Gasteiger partial charge in [-0.05, 0) is 43.9 Å². The number of hydrogen-bond acceptors (Lipinski definition) is 4. The number of fused-ring (bicyclic) bond motifs is 1. The summed E-state index contributed by atoms with van der Waals surface area (Å²) < 4.78 is 0. The van der Waals surface area contributed by atoms with Crippen molar-refractivity contribution in [3.8, 4) is 11.5 Å². The first-order chi connectivity index (χ1) is 9.41. The average Bonchev–Trinajstić information content (AvgIpc) is 2.95. The second-order valence-corrected chi connectivity index (χ2v) is 6.30. The number of nitrogens with one attached hydrogen (secondary N) is 1. The fourth-order valence-corrected chi connectivity index (χ4v) is 3.58. The molecule has 0 bridgehead atoms. The van der Waals surface area contributed by atoms with Gasteiger partial charge < -0.3 is 20.4 Å². The third-order valence-electron chi connectivity index (χ3n) is 4.83. The van der Waals surface area contributed by atoms with E-state index in [4.69, 9.17) is 0 Å². The molecule has 2 heterocycles. The summed E-state index contributed by atoms with van der Waals surface area (Å²) in [4.78, 5) is 14.6. The third kappa shape index (κ3) is 1.85. The molecule has 1 aromatic rings. The molecule has 0 saturated carbocycles. The SMILES string of the molecule is CC1(C)C2CNCC2CN1C(=O)c1ccc(O)c(O)c1. The summed E-state index contributed by atoms with van der Waals surface area (Å²) in [5.41, 5.74) is 0.222. The van der Waals surface area contributed by atoms with Crippen molar-refractivity contribution < 1.29 is 15.0 Å². The lowest BCUT2D eigenvalue weighted by atomic mass is 9.84. The van der Waals surface area contributed by atoms with E-state index in [0.717, 1.165) is 19.6 Å². The van der Waals surface area contributed by atoms with Crippen molar-refractivity contribution in [2.75, 3.05) is 19.6 Å². The molecule has 2 aliphatic heterocycles. The molecule has 2 fully saturated rings. The number of phenolic OH excluding ortho intramolecular Hbond substituents is 2. The lowest BCUT2D eigenvalue weighted by Crippen LogP contribution is -2.47. The van der Waals surface area contributed by atoms with Crippen molar-refractivity contribution in [1.29, 1.82) is 0 Å². The van der Waals surface area contributed by atoms with E-state index in [2.05, 4.69) is 19.2 Å². The zero-order chi connectivity index (χ0) is 14.5. The molecular formula is C15H20N2O3. The zero-order valence-corrected chi connectivity index (χ0v) is 11.8. The summed E-state index contributed by atoms with van der Waals surface area (Å²) in [6.45, 7) is 6.85. The van der Waals surface area contributed by atoms with Crippen LogP contribution in [0.3, 0.4) is 0 Å². The first-order valence-electron chi connectivity index (χ1n) is 6.96. The Morgan fingerprint density at radius 1 is 1.30 bits per heavy atom. The number of phenols is 2. The summed E-state index contributed by atoms with van der Waals surface area (Å²) >= 11 is 0. The van der Waals surface area contributed by atoms with Gasteiger partial charge in [-0.2, -0.15) is 0 Å². The van der Waals surface area contributed by atoms with Crippen molar-refractivity contribution in [1.82, 2.24) is 10.2 Å². The number of likely N-dealkylation sites (tertiary alicyclic amines) is 1. The molecule has 1 amide bonds. The van der Waals surface area contributed by atoms with Crippen LogP contribution in [0.4, 0.5) is 0 Å². The van der Waals surface area contributed by atoms with Gasteiger partial charge in [0.2, 0.25) is 0 Å². The minimum absolute atomic E-state index is 0.0836. The molecule has 2 aliphatic rings. The fourth-order valence-electron chi connectivity index (χ4n) is 3.58. The number of benzene rings is 1. The number of carbonyl (C=O) groups excluding carboxylic acids is 1. The quantitative estimate of drug-likeness (QED) is 0.673. The van der Waals surface area contributed by atoms with Gasteiger partial charge in [-0.1, -0.05) is 0 Å². The van der Waals surface area contributed by atoms with E-state index in [1.165, 1.54) is 12.1 Å². The third-order valence-corrected chi connectivity index (χ3v) is 4.83. The lowest BCUT2D eigenvalue weighted by molar-refractivity contribution is 0.0603. The highest BCUT2D eigenvalue weighted by atomic mass is 16.3. The molecule has 2 unspecified atom stereocenters. The molecule has 2 saturated heterocycles. The van der Waals surface area contributed by atoms with Crippen LogP contribution in [0.2, 0.25) is 0 Å². The molecule has 20 heavy (non-hydrogen) atoms. The fraction of sp³-hybridized carbons (Fsp3) is 0.533. The summed E-state index contributed by atoms with van der Waals surface area (Å²) in [7, 11) is 0. The van der Waals surface area contributed by atoms with Crippen LogP contribution in [0.5, 0.6) is 11.5 Å². The van der Waals surface area contributed by atoms with Gasteiger partial charge >= 0.3 is 0 Å². The number of amides is 1.